The molecule has 0 saturated heterocycles. The van der Waals surface area contributed by atoms with E-state index in [1.54, 1.807) is 24.3 Å². The van der Waals surface area contributed by atoms with Crippen LogP contribution in [0.3, 0.4) is 0 Å². The second-order valence-electron chi connectivity index (χ2n) is 5.15. The zero-order valence-corrected chi connectivity index (χ0v) is 13.6. The summed E-state index contributed by atoms with van der Waals surface area (Å²) in [6.07, 6.45) is 1.95. The molecule has 0 fully saturated rings. The Bertz CT molecular complexity index is 682. The van der Waals surface area contributed by atoms with Crippen LogP contribution in [0, 0.1) is 0 Å². The monoisotopic (exact) mass is 319 g/mol. The number of sulfone groups is 1. The minimum Gasteiger partial charge on any atom is -0.486 e. The van der Waals surface area contributed by atoms with Crippen LogP contribution in [0.5, 0.6) is 5.75 Å². The summed E-state index contributed by atoms with van der Waals surface area (Å²) < 4.78 is 29.0. The van der Waals surface area contributed by atoms with Gasteiger partial charge in [-0.3, -0.25) is 0 Å². The minimum atomic E-state index is -3.18. The van der Waals surface area contributed by atoms with E-state index in [4.69, 9.17) is 4.74 Å². The summed E-state index contributed by atoms with van der Waals surface area (Å²) in [5.41, 5.74) is 1.10. The zero-order valence-electron chi connectivity index (χ0n) is 12.8. The molecule has 1 N–H and O–H groups in total. The van der Waals surface area contributed by atoms with Gasteiger partial charge in [0.1, 0.15) is 11.9 Å². The Morgan fingerprint density at radius 2 is 1.68 bits per heavy atom. The van der Waals surface area contributed by atoms with E-state index in [-0.39, 0.29) is 6.10 Å². The third-order valence-corrected chi connectivity index (χ3v) is 4.49. The first kappa shape index (κ1) is 16.5. The van der Waals surface area contributed by atoms with Crippen LogP contribution in [0.25, 0.3) is 0 Å². The average Bonchev–Trinajstić information content (AvgIpc) is 2.52. The van der Waals surface area contributed by atoms with Crippen LogP contribution >= 0.6 is 0 Å². The molecular weight excluding hydrogens is 298 g/mol. The lowest BCUT2D eigenvalue weighted by molar-refractivity contribution is 0.195. The van der Waals surface area contributed by atoms with E-state index in [1.165, 1.54) is 6.26 Å². The number of rotatable bonds is 7. The standard InChI is InChI=1S/C17H21NO3S/c1-18-13-12-17(14-6-4-3-5-7-14)21-15-8-10-16(11-9-15)22(2,19)20/h3-11,17-18H,12-13H2,1-2H3. The molecule has 22 heavy (non-hydrogen) atoms. The van der Waals surface area contributed by atoms with E-state index in [1.807, 2.05) is 37.4 Å². The lowest BCUT2D eigenvalue weighted by atomic mass is 10.1. The largest absolute Gasteiger partial charge is 0.486 e. The van der Waals surface area contributed by atoms with Crippen LogP contribution < -0.4 is 10.1 Å². The van der Waals surface area contributed by atoms with E-state index < -0.39 is 9.84 Å². The topological polar surface area (TPSA) is 55.4 Å². The third kappa shape index (κ3) is 4.58. The molecule has 0 spiro atoms. The number of benzene rings is 2. The SMILES string of the molecule is CNCCC(Oc1ccc(S(C)(=O)=O)cc1)c1ccccc1. The van der Waals surface area contributed by atoms with Gasteiger partial charge in [0, 0.05) is 12.7 Å². The van der Waals surface area contributed by atoms with E-state index in [2.05, 4.69) is 5.32 Å². The predicted octanol–water partition coefficient (Wildman–Crippen LogP) is 2.82. The summed E-state index contributed by atoms with van der Waals surface area (Å²) in [5, 5.41) is 3.12. The van der Waals surface area contributed by atoms with E-state index >= 15 is 0 Å². The summed E-state index contributed by atoms with van der Waals surface area (Å²) in [6, 6.07) is 16.6. The van der Waals surface area contributed by atoms with Gasteiger partial charge in [-0.2, -0.15) is 0 Å². The van der Waals surface area contributed by atoms with Crippen molar-refractivity contribution in [3.8, 4) is 5.75 Å². The third-order valence-electron chi connectivity index (χ3n) is 3.36. The van der Waals surface area contributed by atoms with Gasteiger partial charge < -0.3 is 10.1 Å². The minimum absolute atomic E-state index is 0.0715. The number of nitrogens with one attached hydrogen (secondary N) is 1. The summed E-state index contributed by atoms with van der Waals surface area (Å²) in [7, 11) is -1.27. The molecule has 5 heteroatoms. The Morgan fingerprint density at radius 3 is 2.23 bits per heavy atom. The Labute approximate surface area is 132 Å². The van der Waals surface area contributed by atoms with Crippen molar-refractivity contribution < 1.29 is 13.2 Å². The molecule has 0 aliphatic heterocycles. The summed E-state index contributed by atoms with van der Waals surface area (Å²) >= 11 is 0. The molecule has 0 radical (unpaired) electrons. The molecule has 1 atom stereocenters. The highest BCUT2D eigenvalue weighted by atomic mass is 32.2. The molecule has 0 saturated carbocycles. The van der Waals surface area contributed by atoms with Crippen LogP contribution in [0.1, 0.15) is 18.1 Å². The highest BCUT2D eigenvalue weighted by Crippen LogP contribution is 2.25. The van der Waals surface area contributed by atoms with Crippen LogP contribution in [-0.4, -0.2) is 28.3 Å². The maximum absolute atomic E-state index is 11.5. The fourth-order valence-electron chi connectivity index (χ4n) is 2.17. The fourth-order valence-corrected chi connectivity index (χ4v) is 2.80. The number of ether oxygens (including phenoxy) is 1. The van der Waals surface area contributed by atoms with Crippen LogP contribution in [-0.2, 0) is 9.84 Å². The van der Waals surface area contributed by atoms with Crippen molar-refractivity contribution in [1.82, 2.24) is 5.32 Å². The highest BCUT2D eigenvalue weighted by Gasteiger charge is 2.13. The van der Waals surface area contributed by atoms with Crippen molar-refractivity contribution in [2.45, 2.75) is 17.4 Å². The molecule has 0 bridgehead atoms. The molecule has 1 unspecified atom stereocenters. The van der Waals surface area contributed by atoms with Gasteiger partial charge in [-0.1, -0.05) is 30.3 Å². The molecule has 2 aromatic rings. The van der Waals surface area contributed by atoms with Crippen molar-refractivity contribution in [1.29, 1.82) is 0 Å². The van der Waals surface area contributed by atoms with Gasteiger partial charge in [-0.05, 0) is 43.4 Å². The average molecular weight is 319 g/mol. The molecule has 0 aliphatic rings. The Morgan fingerprint density at radius 1 is 1.05 bits per heavy atom. The van der Waals surface area contributed by atoms with Crippen LogP contribution in [0.15, 0.2) is 59.5 Å². The molecular formula is C17H21NO3S. The van der Waals surface area contributed by atoms with Crippen LogP contribution in [0.4, 0.5) is 0 Å². The number of hydrogen-bond donors (Lipinski definition) is 1. The van der Waals surface area contributed by atoms with Gasteiger partial charge >= 0.3 is 0 Å². The Kier molecular flexibility index (Phi) is 5.57. The first-order valence-corrected chi connectivity index (χ1v) is 9.06. The smallest absolute Gasteiger partial charge is 0.175 e. The first-order valence-electron chi connectivity index (χ1n) is 7.17. The Balaban J connectivity index is 2.16. The molecule has 4 nitrogen and oxygen atoms in total. The predicted molar refractivity (Wildman–Crippen MR) is 87.9 cm³/mol. The summed E-state index contributed by atoms with van der Waals surface area (Å²) in [4.78, 5) is 0.298. The first-order chi connectivity index (χ1) is 10.5. The maximum atomic E-state index is 11.5. The van der Waals surface area contributed by atoms with Gasteiger partial charge in [0.15, 0.2) is 9.84 Å². The molecule has 0 aromatic heterocycles. The second kappa shape index (κ2) is 7.42. The van der Waals surface area contributed by atoms with Gasteiger partial charge in [0.2, 0.25) is 0 Å². The summed E-state index contributed by atoms with van der Waals surface area (Å²) in [6.45, 7) is 0.834. The van der Waals surface area contributed by atoms with Gasteiger partial charge in [0.05, 0.1) is 4.90 Å². The van der Waals surface area contributed by atoms with Crippen molar-refractivity contribution in [3.63, 3.8) is 0 Å². The van der Waals surface area contributed by atoms with Gasteiger partial charge in [0.25, 0.3) is 0 Å². The maximum Gasteiger partial charge on any atom is 0.175 e. The molecule has 0 heterocycles. The molecule has 0 amide bonds. The van der Waals surface area contributed by atoms with E-state index in [9.17, 15) is 8.42 Å². The molecule has 2 aromatic carbocycles. The fraction of sp³-hybridized carbons (Fsp3) is 0.294. The molecule has 2 rings (SSSR count). The normalized spacial score (nSPS) is 12.8. The lowest BCUT2D eigenvalue weighted by Crippen LogP contribution is -2.16. The quantitative estimate of drug-likeness (QED) is 0.852. The second-order valence-corrected chi connectivity index (χ2v) is 7.17. The van der Waals surface area contributed by atoms with Crippen molar-refractivity contribution >= 4 is 9.84 Å². The van der Waals surface area contributed by atoms with Crippen molar-refractivity contribution in [3.05, 3.63) is 60.2 Å². The molecule has 118 valence electrons. The Hall–Kier alpha value is -1.85. The van der Waals surface area contributed by atoms with Gasteiger partial charge in [-0.25, -0.2) is 8.42 Å². The lowest BCUT2D eigenvalue weighted by Gasteiger charge is -2.19. The highest BCUT2D eigenvalue weighted by molar-refractivity contribution is 7.90. The van der Waals surface area contributed by atoms with Crippen molar-refractivity contribution in [2.75, 3.05) is 19.8 Å². The van der Waals surface area contributed by atoms with Crippen LogP contribution in [0.2, 0.25) is 0 Å². The summed E-state index contributed by atoms with van der Waals surface area (Å²) in [5.74, 6) is 0.664. The van der Waals surface area contributed by atoms with E-state index in [0.29, 0.717) is 10.6 Å². The van der Waals surface area contributed by atoms with E-state index in [0.717, 1.165) is 18.5 Å². The number of hydrogen-bond acceptors (Lipinski definition) is 4. The molecule has 0 aliphatic carbocycles. The zero-order chi connectivity index (χ0) is 16.0. The van der Waals surface area contributed by atoms with Gasteiger partial charge in [-0.15, -0.1) is 0 Å². The van der Waals surface area contributed by atoms with Crippen molar-refractivity contribution in [2.24, 2.45) is 0 Å².